The fraction of sp³-hybridized carbons (Fsp3) is 0.133. The molecule has 0 radical (unpaired) electrons. The Morgan fingerprint density at radius 2 is 2.17 bits per heavy atom. The molecule has 0 fully saturated rings. The summed E-state index contributed by atoms with van der Waals surface area (Å²) in [5, 5.41) is 6.44. The van der Waals surface area contributed by atoms with Crippen LogP contribution in [-0.2, 0) is 7.05 Å². The summed E-state index contributed by atoms with van der Waals surface area (Å²) in [5.74, 6) is -0.994. The Morgan fingerprint density at radius 1 is 1.38 bits per heavy atom. The number of oxazole rings is 1. The number of aromatic nitrogens is 4. The largest absolute Gasteiger partial charge is 0.444 e. The van der Waals surface area contributed by atoms with Crippen molar-refractivity contribution in [3.8, 4) is 11.5 Å². The third-order valence-corrected chi connectivity index (χ3v) is 3.28. The minimum atomic E-state index is -0.738. The van der Waals surface area contributed by atoms with E-state index < -0.39 is 11.8 Å². The Balaban J connectivity index is 1.85. The fourth-order valence-corrected chi connectivity index (χ4v) is 2.16. The third kappa shape index (κ3) is 2.86. The van der Waals surface area contributed by atoms with E-state index in [1.807, 2.05) is 6.92 Å². The maximum Gasteiger partial charge on any atom is 0.277 e. The van der Waals surface area contributed by atoms with E-state index in [1.54, 1.807) is 25.4 Å². The third-order valence-electron chi connectivity index (χ3n) is 3.28. The van der Waals surface area contributed by atoms with Gasteiger partial charge < -0.3 is 15.5 Å². The molecule has 0 aliphatic rings. The van der Waals surface area contributed by atoms with Gasteiger partial charge in [0.2, 0.25) is 5.89 Å². The van der Waals surface area contributed by atoms with Gasteiger partial charge in [-0.1, -0.05) is 0 Å². The topological polar surface area (TPSA) is 129 Å². The molecule has 2 amide bonds. The highest BCUT2D eigenvalue weighted by Crippen LogP contribution is 2.21. The molecule has 0 spiro atoms. The van der Waals surface area contributed by atoms with Crippen molar-refractivity contribution in [1.82, 2.24) is 19.7 Å². The summed E-state index contributed by atoms with van der Waals surface area (Å²) in [6.45, 7) is 1.81. The van der Waals surface area contributed by atoms with Crippen LogP contribution in [0.3, 0.4) is 0 Å². The first-order valence-electron chi connectivity index (χ1n) is 6.98. The number of rotatable bonds is 4. The standard InChI is InChI=1S/C15H14N6O3/c1-8-9(4-3-5-17-8)15-19-11(7-24-15)14(23)18-10-6-21(2)20-12(10)13(16)22/h3-7H,1-2H3,(H2,16,22)(H,18,23). The predicted octanol–water partition coefficient (Wildman–Crippen LogP) is 1.13. The molecule has 9 nitrogen and oxygen atoms in total. The highest BCUT2D eigenvalue weighted by atomic mass is 16.3. The van der Waals surface area contributed by atoms with E-state index in [4.69, 9.17) is 10.2 Å². The monoisotopic (exact) mass is 326 g/mol. The Morgan fingerprint density at radius 3 is 2.88 bits per heavy atom. The first-order chi connectivity index (χ1) is 11.5. The molecule has 0 atom stereocenters. The van der Waals surface area contributed by atoms with Crippen molar-refractivity contribution in [1.29, 1.82) is 0 Å². The second-order valence-electron chi connectivity index (χ2n) is 5.06. The number of nitrogens with two attached hydrogens (primary N) is 1. The number of carbonyl (C=O) groups excluding carboxylic acids is 2. The average molecular weight is 326 g/mol. The van der Waals surface area contributed by atoms with E-state index >= 15 is 0 Å². The van der Waals surface area contributed by atoms with Gasteiger partial charge in [0.15, 0.2) is 11.4 Å². The summed E-state index contributed by atoms with van der Waals surface area (Å²) >= 11 is 0. The maximum absolute atomic E-state index is 12.3. The molecule has 3 aromatic heterocycles. The van der Waals surface area contributed by atoms with Crippen LogP contribution in [-0.4, -0.2) is 31.6 Å². The molecule has 3 rings (SSSR count). The van der Waals surface area contributed by atoms with Crippen molar-refractivity contribution in [3.63, 3.8) is 0 Å². The molecule has 3 heterocycles. The number of hydrogen-bond acceptors (Lipinski definition) is 6. The second-order valence-corrected chi connectivity index (χ2v) is 5.06. The minimum Gasteiger partial charge on any atom is -0.444 e. The molecule has 122 valence electrons. The molecule has 0 saturated carbocycles. The molecule has 0 aromatic carbocycles. The van der Waals surface area contributed by atoms with Gasteiger partial charge in [-0.05, 0) is 19.1 Å². The fourth-order valence-electron chi connectivity index (χ4n) is 2.16. The van der Waals surface area contributed by atoms with Gasteiger partial charge in [-0.25, -0.2) is 4.98 Å². The summed E-state index contributed by atoms with van der Waals surface area (Å²) in [7, 11) is 1.61. The number of carbonyl (C=O) groups is 2. The molecular weight excluding hydrogens is 312 g/mol. The Bertz CT molecular complexity index is 927. The van der Waals surface area contributed by atoms with Crippen LogP contribution in [0.1, 0.15) is 26.7 Å². The van der Waals surface area contributed by atoms with Crippen molar-refractivity contribution in [3.05, 3.63) is 47.9 Å². The Hall–Kier alpha value is -3.49. The zero-order chi connectivity index (χ0) is 17.3. The van der Waals surface area contributed by atoms with Crippen LogP contribution < -0.4 is 11.1 Å². The number of nitrogens with one attached hydrogen (secondary N) is 1. The molecule has 0 bridgehead atoms. The zero-order valence-electron chi connectivity index (χ0n) is 13.0. The van der Waals surface area contributed by atoms with Gasteiger partial charge in [0.05, 0.1) is 11.3 Å². The lowest BCUT2D eigenvalue weighted by Gasteiger charge is -2.00. The highest BCUT2D eigenvalue weighted by molar-refractivity contribution is 6.07. The van der Waals surface area contributed by atoms with Crippen LogP contribution >= 0.6 is 0 Å². The van der Waals surface area contributed by atoms with Crippen LogP contribution in [0.2, 0.25) is 0 Å². The van der Waals surface area contributed by atoms with Gasteiger partial charge in [-0.15, -0.1) is 0 Å². The normalized spacial score (nSPS) is 10.6. The summed E-state index contributed by atoms with van der Waals surface area (Å²) in [5.41, 5.74) is 6.89. The quantitative estimate of drug-likeness (QED) is 0.739. The molecular formula is C15H14N6O3. The average Bonchev–Trinajstić information content (AvgIpc) is 3.14. The number of primary amides is 1. The van der Waals surface area contributed by atoms with Gasteiger partial charge in [0, 0.05) is 25.1 Å². The van der Waals surface area contributed by atoms with E-state index in [2.05, 4.69) is 20.4 Å². The smallest absolute Gasteiger partial charge is 0.277 e. The molecule has 3 aromatic rings. The summed E-state index contributed by atoms with van der Waals surface area (Å²) in [6.07, 6.45) is 4.37. The highest BCUT2D eigenvalue weighted by Gasteiger charge is 2.19. The number of aryl methyl sites for hydroxylation is 2. The number of anilines is 1. The lowest BCUT2D eigenvalue weighted by molar-refractivity contribution is 0.0995. The first-order valence-corrected chi connectivity index (χ1v) is 6.98. The van der Waals surface area contributed by atoms with Gasteiger partial charge in [0.25, 0.3) is 11.8 Å². The molecule has 0 unspecified atom stereocenters. The summed E-state index contributed by atoms with van der Waals surface area (Å²) < 4.78 is 6.73. The van der Waals surface area contributed by atoms with E-state index in [9.17, 15) is 9.59 Å². The summed E-state index contributed by atoms with van der Waals surface area (Å²) in [4.78, 5) is 31.9. The maximum atomic E-state index is 12.3. The van der Waals surface area contributed by atoms with E-state index in [1.165, 1.54) is 17.1 Å². The first kappa shape index (κ1) is 15.4. The van der Waals surface area contributed by atoms with Crippen molar-refractivity contribution in [2.24, 2.45) is 12.8 Å². The van der Waals surface area contributed by atoms with Crippen molar-refractivity contribution in [2.75, 3.05) is 5.32 Å². The van der Waals surface area contributed by atoms with E-state index in [0.29, 0.717) is 5.56 Å². The van der Waals surface area contributed by atoms with Gasteiger partial charge in [-0.3, -0.25) is 19.3 Å². The number of hydrogen-bond donors (Lipinski definition) is 2. The number of pyridine rings is 1. The number of amides is 2. The van der Waals surface area contributed by atoms with Crippen molar-refractivity contribution < 1.29 is 14.0 Å². The molecule has 0 aliphatic heterocycles. The molecule has 3 N–H and O–H groups in total. The molecule has 0 saturated heterocycles. The Labute approximate surface area is 136 Å². The zero-order valence-corrected chi connectivity index (χ0v) is 13.0. The van der Waals surface area contributed by atoms with Gasteiger partial charge in [-0.2, -0.15) is 5.10 Å². The van der Waals surface area contributed by atoms with Crippen LogP contribution in [0.25, 0.3) is 11.5 Å². The predicted molar refractivity (Wildman–Crippen MR) is 84.2 cm³/mol. The SMILES string of the molecule is Cc1ncccc1-c1nc(C(=O)Nc2cn(C)nc2C(N)=O)co1. The van der Waals surface area contributed by atoms with Gasteiger partial charge >= 0.3 is 0 Å². The minimum absolute atomic E-state index is 0.0299. The molecule has 24 heavy (non-hydrogen) atoms. The van der Waals surface area contributed by atoms with Crippen LogP contribution in [0.5, 0.6) is 0 Å². The Kier molecular flexibility index (Phi) is 3.82. The van der Waals surface area contributed by atoms with Crippen LogP contribution in [0, 0.1) is 6.92 Å². The van der Waals surface area contributed by atoms with Crippen molar-refractivity contribution in [2.45, 2.75) is 6.92 Å². The lowest BCUT2D eigenvalue weighted by Crippen LogP contribution is -2.18. The van der Waals surface area contributed by atoms with Crippen molar-refractivity contribution >= 4 is 17.5 Å². The van der Waals surface area contributed by atoms with E-state index in [-0.39, 0.29) is 23.0 Å². The molecule has 9 heteroatoms. The summed E-state index contributed by atoms with van der Waals surface area (Å²) in [6, 6.07) is 3.54. The van der Waals surface area contributed by atoms with Crippen LogP contribution in [0.15, 0.2) is 35.2 Å². The van der Waals surface area contributed by atoms with Crippen LogP contribution in [0.4, 0.5) is 5.69 Å². The van der Waals surface area contributed by atoms with Gasteiger partial charge in [0.1, 0.15) is 6.26 Å². The van der Waals surface area contributed by atoms with E-state index in [0.717, 1.165) is 5.69 Å². The lowest BCUT2D eigenvalue weighted by atomic mass is 10.2. The second kappa shape index (κ2) is 5.95. The number of nitrogens with zero attached hydrogens (tertiary/aromatic N) is 4. The molecule has 0 aliphatic carbocycles.